The molecule has 2 fully saturated rings. The first-order chi connectivity index (χ1) is 15.8. The van der Waals surface area contributed by atoms with E-state index in [0.29, 0.717) is 5.92 Å². The Morgan fingerprint density at radius 3 is 1.84 bits per heavy atom. The molecule has 0 bridgehead atoms. The van der Waals surface area contributed by atoms with Gasteiger partial charge in [0.05, 0.1) is 0 Å². The van der Waals surface area contributed by atoms with Gasteiger partial charge < -0.3 is 9.88 Å². The van der Waals surface area contributed by atoms with Gasteiger partial charge >= 0.3 is 7.05 Å². The van der Waals surface area contributed by atoms with E-state index in [9.17, 15) is 0 Å². The van der Waals surface area contributed by atoms with Gasteiger partial charge in [0.15, 0.2) is 0 Å². The van der Waals surface area contributed by atoms with E-state index in [2.05, 4.69) is 97.0 Å². The van der Waals surface area contributed by atoms with Gasteiger partial charge in [0.1, 0.15) is 5.60 Å². The fraction of sp³-hybridized carbons (Fsp3) is 0.310. The van der Waals surface area contributed by atoms with Crippen LogP contribution in [0.25, 0.3) is 21.5 Å². The van der Waals surface area contributed by atoms with Crippen molar-refractivity contribution in [1.82, 2.24) is 5.23 Å². The van der Waals surface area contributed by atoms with E-state index in [4.69, 9.17) is 4.65 Å². The normalized spacial score (nSPS) is 21.4. The van der Waals surface area contributed by atoms with Crippen LogP contribution < -0.4 is 5.23 Å². The SMILES string of the molecule is CB1N[C@H](C2CCCCC2)C(c2cccc3ccccc23)(c2cccc3ccccc23)O1. The average molecular weight is 419 g/mol. The van der Waals surface area contributed by atoms with Crippen LogP contribution in [-0.2, 0) is 10.3 Å². The highest BCUT2D eigenvalue weighted by Crippen LogP contribution is 2.50. The van der Waals surface area contributed by atoms with Gasteiger partial charge in [0, 0.05) is 6.04 Å². The molecule has 1 heterocycles. The van der Waals surface area contributed by atoms with Crippen LogP contribution in [0.2, 0.25) is 6.82 Å². The third-order valence-corrected chi connectivity index (χ3v) is 7.72. The predicted molar refractivity (Wildman–Crippen MR) is 135 cm³/mol. The van der Waals surface area contributed by atoms with Crippen molar-refractivity contribution in [1.29, 1.82) is 0 Å². The van der Waals surface area contributed by atoms with E-state index in [0.717, 1.165) is 0 Å². The third-order valence-electron chi connectivity index (χ3n) is 7.72. The summed E-state index contributed by atoms with van der Waals surface area (Å²) in [5, 5.41) is 9.05. The molecular weight excluding hydrogens is 389 g/mol. The van der Waals surface area contributed by atoms with Crippen LogP contribution in [0, 0.1) is 5.92 Å². The van der Waals surface area contributed by atoms with E-state index >= 15 is 0 Å². The Hall–Kier alpha value is -2.62. The zero-order valence-corrected chi connectivity index (χ0v) is 18.8. The van der Waals surface area contributed by atoms with Crippen molar-refractivity contribution < 1.29 is 4.65 Å². The van der Waals surface area contributed by atoms with Crippen LogP contribution in [0.15, 0.2) is 84.9 Å². The lowest BCUT2D eigenvalue weighted by Gasteiger charge is -2.42. The molecule has 0 amide bonds. The second kappa shape index (κ2) is 8.06. The number of fused-ring (bicyclic) bond motifs is 2. The summed E-state index contributed by atoms with van der Waals surface area (Å²) in [4.78, 5) is 0. The van der Waals surface area contributed by atoms with Crippen LogP contribution >= 0.6 is 0 Å². The molecule has 1 N–H and O–H groups in total. The Labute approximate surface area is 191 Å². The van der Waals surface area contributed by atoms with Gasteiger partial charge in [-0.25, -0.2) is 0 Å². The summed E-state index contributed by atoms with van der Waals surface area (Å²) < 4.78 is 7.09. The molecule has 1 aliphatic heterocycles. The van der Waals surface area contributed by atoms with Gasteiger partial charge in [0.25, 0.3) is 0 Å². The fourth-order valence-corrected chi connectivity index (χ4v) is 6.40. The minimum Gasteiger partial charge on any atom is -0.406 e. The molecular formula is C29H30BNO. The molecule has 4 aromatic rings. The maximum Gasteiger partial charge on any atom is 0.377 e. The predicted octanol–water partition coefficient (Wildman–Crippen LogP) is 6.92. The summed E-state index contributed by atoms with van der Waals surface area (Å²) in [6.45, 7) is 2.17. The Kier molecular flexibility index (Phi) is 5.04. The van der Waals surface area contributed by atoms with E-state index in [1.165, 1.54) is 64.8 Å². The molecule has 1 atom stereocenters. The van der Waals surface area contributed by atoms with E-state index in [1.54, 1.807) is 0 Å². The molecule has 1 saturated carbocycles. The van der Waals surface area contributed by atoms with Gasteiger partial charge in [-0.1, -0.05) is 104 Å². The van der Waals surface area contributed by atoms with Crippen molar-refractivity contribution in [2.45, 2.75) is 50.6 Å². The van der Waals surface area contributed by atoms with Crippen molar-refractivity contribution in [3.05, 3.63) is 96.1 Å². The molecule has 1 aliphatic carbocycles. The largest absolute Gasteiger partial charge is 0.406 e. The van der Waals surface area contributed by atoms with Gasteiger partial charge in [-0.2, -0.15) is 0 Å². The number of hydrogen-bond acceptors (Lipinski definition) is 2. The standard InChI is InChI=1S/C29H30BNO/c1-30-31-28(23-13-3-2-4-14-23)29(32-30,26-19-9-15-21-11-5-7-17-24(21)26)27-20-10-16-22-12-6-8-18-25(22)27/h5-12,15-20,23,28,31H,2-4,13-14H2,1H3/t28-/m1/s1. The number of nitrogens with one attached hydrogen (secondary N) is 1. The second-order valence-corrected chi connectivity index (χ2v) is 9.59. The molecule has 0 spiro atoms. The Balaban J connectivity index is 1.68. The minimum absolute atomic E-state index is 0.000127. The molecule has 1 saturated heterocycles. The molecule has 160 valence electrons. The molecule has 0 unspecified atom stereocenters. The number of rotatable bonds is 3. The molecule has 3 heteroatoms. The molecule has 32 heavy (non-hydrogen) atoms. The Morgan fingerprint density at radius 2 is 1.25 bits per heavy atom. The monoisotopic (exact) mass is 419 g/mol. The molecule has 4 aromatic carbocycles. The van der Waals surface area contributed by atoms with Crippen molar-refractivity contribution in [2.24, 2.45) is 5.92 Å². The first-order valence-electron chi connectivity index (χ1n) is 12.2. The maximum absolute atomic E-state index is 7.09. The van der Waals surface area contributed by atoms with E-state index in [-0.39, 0.29) is 13.1 Å². The van der Waals surface area contributed by atoms with Crippen LogP contribution in [0.1, 0.15) is 43.2 Å². The van der Waals surface area contributed by atoms with Crippen LogP contribution in [0.5, 0.6) is 0 Å². The highest BCUT2D eigenvalue weighted by Gasteiger charge is 2.54. The van der Waals surface area contributed by atoms with Crippen LogP contribution in [0.3, 0.4) is 0 Å². The lowest BCUT2D eigenvalue weighted by Crippen LogP contribution is -2.48. The van der Waals surface area contributed by atoms with E-state index < -0.39 is 5.60 Å². The van der Waals surface area contributed by atoms with Crippen molar-refractivity contribution >= 4 is 28.6 Å². The first-order valence-corrected chi connectivity index (χ1v) is 12.2. The Morgan fingerprint density at radius 1 is 0.719 bits per heavy atom. The minimum atomic E-state index is -0.525. The highest BCUT2D eigenvalue weighted by molar-refractivity contribution is 6.48. The summed E-state index contributed by atoms with van der Waals surface area (Å²) in [6.07, 6.45) is 6.53. The molecule has 0 aromatic heterocycles. The van der Waals surface area contributed by atoms with Crippen LogP contribution in [0.4, 0.5) is 0 Å². The van der Waals surface area contributed by atoms with Gasteiger partial charge in [-0.3, -0.25) is 0 Å². The fourth-order valence-electron chi connectivity index (χ4n) is 6.40. The number of hydrogen-bond donors (Lipinski definition) is 1. The highest BCUT2D eigenvalue weighted by atomic mass is 16.5. The van der Waals surface area contributed by atoms with Crippen molar-refractivity contribution in [3.63, 3.8) is 0 Å². The van der Waals surface area contributed by atoms with Gasteiger partial charge in [-0.15, -0.1) is 0 Å². The average Bonchev–Trinajstić information content (AvgIpc) is 3.21. The van der Waals surface area contributed by atoms with E-state index in [1.807, 2.05) is 0 Å². The summed E-state index contributed by atoms with van der Waals surface area (Å²) >= 11 is 0. The van der Waals surface area contributed by atoms with Crippen molar-refractivity contribution in [2.75, 3.05) is 0 Å². The third kappa shape index (κ3) is 3.10. The zero-order valence-electron chi connectivity index (χ0n) is 18.8. The summed E-state index contributed by atoms with van der Waals surface area (Å²) in [5.74, 6) is 0.603. The molecule has 0 radical (unpaired) electrons. The summed E-state index contributed by atoms with van der Waals surface area (Å²) in [6, 6.07) is 31.2. The second-order valence-electron chi connectivity index (χ2n) is 9.59. The lowest BCUT2D eigenvalue weighted by atomic mass is 9.69. The number of benzene rings is 4. The van der Waals surface area contributed by atoms with Crippen LogP contribution in [-0.4, -0.2) is 13.1 Å². The van der Waals surface area contributed by atoms with Crippen molar-refractivity contribution in [3.8, 4) is 0 Å². The zero-order chi connectivity index (χ0) is 21.5. The van der Waals surface area contributed by atoms with Gasteiger partial charge in [0.2, 0.25) is 0 Å². The topological polar surface area (TPSA) is 21.3 Å². The summed E-state index contributed by atoms with van der Waals surface area (Å²) in [5.41, 5.74) is 2.06. The maximum atomic E-state index is 7.09. The summed E-state index contributed by atoms with van der Waals surface area (Å²) in [7, 11) is -0.000127. The lowest BCUT2D eigenvalue weighted by molar-refractivity contribution is 0.0803. The molecule has 6 rings (SSSR count). The first kappa shape index (κ1) is 20.0. The van der Waals surface area contributed by atoms with Gasteiger partial charge in [-0.05, 0) is 58.3 Å². The molecule has 2 aliphatic rings. The Bertz CT molecular complexity index is 1170. The molecule has 2 nitrogen and oxygen atoms in total. The smallest absolute Gasteiger partial charge is 0.377 e. The quantitative estimate of drug-likeness (QED) is 0.364.